The summed E-state index contributed by atoms with van der Waals surface area (Å²) in [5.41, 5.74) is 3.66. The number of allylic oxidation sites excluding steroid dienone is 2. The molecule has 0 aliphatic heterocycles. The predicted octanol–water partition coefficient (Wildman–Crippen LogP) is 4.73. The van der Waals surface area contributed by atoms with E-state index in [0.29, 0.717) is 30.6 Å². The molecular weight excluding hydrogens is 328 g/mol. The van der Waals surface area contributed by atoms with Crippen molar-refractivity contribution in [2.75, 3.05) is 14.2 Å². The van der Waals surface area contributed by atoms with Crippen LogP contribution in [0.3, 0.4) is 0 Å². The Morgan fingerprint density at radius 1 is 1.04 bits per heavy atom. The molecule has 0 bridgehead atoms. The van der Waals surface area contributed by atoms with Crippen LogP contribution in [0.5, 0.6) is 17.2 Å². The summed E-state index contributed by atoms with van der Waals surface area (Å²) in [5, 5.41) is 9.35. The van der Waals surface area contributed by atoms with E-state index in [1.54, 1.807) is 32.4 Å². The minimum atomic E-state index is 0.0241. The number of hydrogen-bond donors (Lipinski definition) is 1. The van der Waals surface area contributed by atoms with Crippen molar-refractivity contribution in [1.82, 2.24) is 0 Å². The van der Waals surface area contributed by atoms with Crippen LogP contribution in [0.4, 0.5) is 0 Å². The average molecular weight is 354 g/mol. The summed E-state index contributed by atoms with van der Waals surface area (Å²) < 4.78 is 11.0. The number of carbonyl (C=O) groups excluding carboxylic acids is 1. The first kappa shape index (κ1) is 19.6. The summed E-state index contributed by atoms with van der Waals surface area (Å²) in [6.07, 6.45) is 3.71. The Labute approximate surface area is 155 Å². The third-order valence-corrected chi connectivity index (χ3v) is 4.23. The average Bonchev–Trinajstić information content (AvgIpc) is 2.64. The highest BCUT2D eigenvalue weighted by atomic mass is 16.5. The van der Waals surface area contributed by atoms with Crippen LogP contribution >= 0.6 is 0 Å². The molecule has 0 aliphatic carbocycles. The number of ketones is 1. The van der Waals surface area contributed by atoms with E-state index in [4.69, 9.17) is 9.47 Å². The van der Waals surface area contributed by atoms with E-state index >= 15 is 0 Å². The maximum Gasteiger partial charge on any atom is 0.166 e. The molecule has 1 N–H and O–H groups in total. The number of ether oxygens (including phenoxy) is 2. The van der Waals surface area contributed by atoms with Crippen molar-refractivity contribution in [3.8, 4) is 17.2 Å². The molecule has 2 rings (SSSR count). The Hall–Kier alpha value is -2.75. The van der Waals surface area contributed by atoms with E-state index < -0.39 is 0 Å². The molecule has 4 nitrogen and oxygen atoms in total. The third-order valence-electron chi connectivity index (χ3n) is 4.23. The summed E-state index contributed by atoms with van der Waals surface area (Å²) >= 11 is 0. The number of rotatable bonds is 8. The Morgan fingerprint density at radius 3 is 2.31 bits per heavy atom. The molecule has 0 amide bonds. The van der Waals surface area contributed by atoms with Gasteiger partial charge >= 0.3 is 0 Å². The number of benzene rings is 2. The highest BCUT2D eigenvalue weighted by molar-refractivity contribution is 5.99. The smallest absolute Gasteiger partial charge is 0.166 e. The molecule has 0 saturated heterocycles. The molecule has 0 fully saturated rings. The van der Waals surface area contributed by atoms with Crippen LogP contribution in [0.2, 0.25) is 0 Å². The number of aryl methyl sites for hydroxylation is 1. The molecule has 0 saturated carbocycles. The molecule has 0 aliphatic rings. The molecular formula is C22H26O4. The molecule has 0 aromatic heterocycles. The zero-order valence-electron chi connectivity index (χ0n) is 15.8. The first-order valence-electron chi connectivity index (χ1n) is 8.64. The normalized spacial score (nSPS) is 10.3. The SMILES string of the molecule is COc1ccc(C(=O)CCc2ccc(O)cc2)c(OC)c1CC=C(C)C. The van der Waals surface area contributed by atoms with Crippen molar-refractivity contribution < 1.29 is 19.4 Å². The van der Waals surface area contributed by atoms with Gasteiger partial charge in [-0.2, -0.15) is 0 Å². The molecule has 0 unspecified atom stereocenters. The van der Waals surface area contributed by atoms with Gasteiger partial charge in [-0.05, 0) is 56.5 Å². The van der Waals surface area contributed by atoms with Crippen LogP contribution in [0.15, 0.2) is 48.0 Å². The third kappa shape index (κ3) is 4.88. The molecule has 0 atom stereocenters. The van der Waals surface area contributed by atoms with Crippen molar-refractivity contribution in [3.05, 3.63) is 64.7 Å². The lowest BCUT2D eigenvalue weighted by Gasteiger charge is -2.16. The fourth-order valence-electron chi connectivity index (χ4n) is 2.81. The first-order valence-corrected chi connectivity index (χ1v) is 8.64. The van der Waals surface area contributed by atoms with E-state index in [1.807, 2.05) is 32.0 Å². The highest BCUT2D eigenvalue weighted by Gasteiger charge is 2.19. The number of phenols is 1. The van der Waals surface area contributed by atoms with Gasteiger partial charge in [-0.25, -0.2) is 0 Å². The van der Waals surface area contributed by atoms with Crippen molar-refractivity contribution in [2.24, 2.45) is 0 Å². The summed E-state index contributed by atoms with van der Waals surface area (Å²) in [7, 11) is 3.20. The van der Waals surface area contributed by atoms with Crippen molar-refractivity contribution >= 4 is 5.78 Å². The first-order chi connectivity index (χ1) is 12.5. The fourth-order valence-corrected chi connectivity index (χ4v) is 2.81. The van der Waals surface area contributed by atoms with Crippen LogP contribution in [0, 0.1) is 0 Å². The lowest BCUT2D eigenvalue weighted by atomic mass is 9.97. The molecule has 0 heterocycles. The number of aromatic hydroxyl groups is 1. The van der Waals surface area contributed by atoms with E-state index in [0.717, 1.165) is 16.9 Å². The van der Waals surface area contributed by atoms with Crippen LogP contribution < -0.4 is 9.47 Å². The lowest BCUT2D eigenvalue weighted by Crippen LogP contribution is -2.07. The predicted molar refractivity (Wildman–Crippen MR) is 103 cm³/mol. The van der Waals surface area contributed by atoms with Crippen LogP contribution in [0.25, 0.3) is 0 Å². The second kappa shape index (κ2) is 9.09. The number of hydrogen-bond acceptors (Lipinski definition) is 4. The van der Waals surface area contributed by atoms with E-state index in [9.17, 15) is 9.90 Å². The Kier molecular flexibility index (Phi) is 6.84. The number of carbonyl (C=O) groups is 1. The van der Waals surface area contributed by atoms with Gasteiger partial charge in [0.1, 0.15) is 17.2 Å². The molecule has 26 heavy (non-hydrogen) atoms. The summed E-state index contributed by atoms with van der Waals surface area (Å²) in [5.74, 6) is 1.55. The van der Waals surface area contributed by atoms with Gasteiger partial charge in [0.15, 0.2) is 5.78 Å². The van der Waals surface area contributed by atoms with Gasteiger partial charge in [0, 0.05) is 12.0 Å². The number of Topliss-reactive ketones (excluding diaryl/α,β-unsaturated/α-hetero) is 1. The molecule has 4 heteroatoms. The zero-order valence-corrected chi connectivity index (χ0v) is 15.8. The fraction of sp³-hybridized carbons (Fsp3) is 0.318. The van der Waals surface area contributed by atoms with Gasteiger partial charge in [-0.1, -0.05) is 23.8 Å². The van der Waals surface area contributed by atoms with Gasteiger partial charge in [0.2, 0.25) is 0 Å². The van der Waals surface area contributed by atoms with Gasteiger partial charge in [-0.3, -0.25) is 4.79 Å². The largest absolute Gasteiger partial charge is 0.508 e. The molecule has 0 spiro atoms. The second-order valence-electron chi connectivity index (χ2n) is 6.40. The Bertz CT molecular complexity index is 785. The quantitative estimate of drug-likeness (QED) is 0.550. The maximum absolute atomic E-state index is 12.8. The van der Waals surface area contributed by atoms with Crippen molar-refractivity contribution in [3.63, 3.8) is 0 Å². The zero-order chi connectivity index (χ0) is 19.1. The monoisotopic (exact) mass is 354 g/mol. The highest BCUT2D eigenvalue weighted by Crippen LogP contribution is 2.34. The van der Waals surface area contributed by atoms with Crippen molar-refractivity contribution in [2.45, 2.75) is 33.1 Å². The summed E-state index contributed by atoms with van der Waals surface area (Å²) in [6.45, 7) is 4.07. The van der Waals surface area contributed by atoms with Crippen LogP contribution in [-0.2, 0) is 12.8 Å². The minimum absolute atomic E-state index is 0.0241. The van der Waals surface area contributed by atoms with E-state index in [1.165, 1.54) is 5.57 Å². The van der Waals surface area contributed by atoms with Gasteiger partial charge in [0.25, 0.3) is 0 Å². The van der Waals surface area contributed by atoms with E-state index in [2.05, 4.69) is 6.08 Å². The van der Waals surface area contributed by atoms with Gasteiger partial charge in [-0.15, -0.1) is 0 Å². The lowest BCUT2D eigenvalue weighted by molar-refractivity contribution is 0.0979. The Balaban J connectivity index is 2.26. The van der Waals surface area contributed by atoms with E-state index in [-0.39, 0.29) is 11.5 Å². The summed E-state index contributed by atoms with van der Waals surface area (Å²) in [4.78, 5) is 12.8. The molecule has 138 valence electrons. The molecule has 2 aromatic carbocycles. The van der Waals surface area contributed by atoms with Crippen molar-refractivity contribution in [1.29, 1.82) is 0 Å². The van der Waals surface area contributed by atoms with Crippen LogP contribution in [-0.4, -0.2) is 25.1 Å². The summed E-state index contributed by atoms with van der Waals surface area (Å²) in [6, 6.07) is 10.5. The molecule has 0 radical (unpaired) electrons. The minimum Gasteiger partial charge on any atom is -0.508 e. The topological polar surface area (TPSA) is 55.8 Å². The molecule has 2 aromatic rings. The second-order valence-corrected chi connectivity index (χ2v) is 6.40. The maximum atomic E-state index is 12.8. The van der Waals surface area contributed by atoms with Gasteiger partial charge in [0.05, 0.1) is 19.8 Å². The van der Waals surface area contributed by atoms with Gasteiger partial charge < -0.3 is 14.6 Å². The number of phenolic OH excluding ortho intramolecular Hbond substituents is 1. The number of methoxy groups -OCH3 is 2. The Morgan fingerprint density at radius 2 is 1.73 bits per heavy atom. The van der Waals surface area contributed by atoms with Crippen LogP contribution in [0.1, 0.15) is 41.8 Å². The standard InChI is InChI=1S/C22H26O4/c1-15(2)5-11-19-21(25-3)14-12-18(22(19)26-4)20(24)13-8-16-6-9-17(23)10-7-16/h5-7,9-10,12,14,23H,8,11,13H2,1-4H3.